The van der Waals surface area contributed by atoms with Crippen LogP contribution in [0.1, 0.15) is 25.2 Å². The predicted molar refractivity (Wildman–Crippen MR) is 307 cm³/mol. The summed E-state index contributed by atoms with van der Waals surface area (Å²) in [5.41, 5.74) is 13.8. The first kappa shape index (κ1) is 44.5. The maximum Gasteiger partial charge on any atom is 0.242 e. The van der Waals surface area contributed by atoms with E-state index in [-0.39, 0.29) is 6.71 Å². The first-order valence-corrected chi connectivity index (χ1v) is 24.5. The molecule has 0 atom stereocenters. The van der Waals surface area contributed by atoms with Gasteiger partial charge in [0.05, 0.1) is 35.2 Å². The normalized spacial score (nSPS) is 11.4. The van der Waals surface area contributed by atoms with Crippen molar-refractivity contribution in [2.75, 3.05) is 0 Å². The Kier molecular flexibility index (Phi) is 12.7. The Balaban J connectivity index is 0.00000270. The van der Waals surface area contributed by atoms with Crippen molar-refractivity contribution in [2.24, 2.45) is 9.98 Å². The molecule has 0 radical (unpaired) electrons. The number of aromatic nitrogens is 1. The van der Waals surface area contributed by atoms with Crippen molar-refractivity contribution in [2.45, 2.75) is 13.8 Å². The van der Waals surface area contributed by atoms with Gasteiger partial charge in [0.15, 0.2) is 0 Å². The molecular formula is C67H50BN3. The maximum atomic E-state index is 5.34. The Bertz CT molecular complexity index is 3860. The molecule has 0 fully saturated rings. The topological polar surface area (TPSA) is 37.6 Å². The van der Waals surface area contributed by atoms with Crippen molar-refractivity contribution in [3.63, 3.8) is 0 Å². The fourth-order valence-corrected chi connectivity index (χ4v) is 10.2. The van der Waals surface area contributed by atoms with E-state index < -0.39 is 0 Å². The van der Waals surface area contributed by atoms with Crippen molar-refractivity contribution >= 4 is 90.0 Å². The monoisotopic (exact) mass is 907 g/mol. The van der Waals surface area contributed by atoms with E-state index in [2.05, 4.69) is 237 Å². The van der Waals surface area contributed by atoms with Crippen LogP contribution in [0.5, 0.6) is 0 Å². The SMILES string of the molecule is C(=Nc1ccc2ccccc2c1-c1c(B(c2ccccc2)c2ccccc2)ccc2ccccc12)c1cccc(C=Nc2ccc3ccccc3c2-c2c(-c3ccccc3)ccc3ccccc23)n1.CC. The number of rotatable bonds is 10. The number of fused-ring (bicyclic) bond motifs is 4. The van der Waals surface area contributed by atoms with Crippen LogP contribution in [-0.4, -0.2) is 24.1 Å². The lowest BCUT2D eigenvalue weighted by atomic mass is 9.36. The number of hydrogen-bond acceptors (Lipinski definition) is 3. The average molecular weight is 908 g/mol. The van der Waals surface area contributed by atoms with Gasteiger partial charge < -0.3 is 0 Å². The average Bonchev–Trinajstić information content (AvgIpc) is 3.45. The van der Waals surface area contributed by atoms with Crippen LogP contribution in [0, 0.1) is 0 Å². The van der Waals surface area contributed by atoms with Crippen LogP contribution in [0.25, 0.3) is 76.5 Å². The summed E-state index contributed by atoms with van der Waals surface area (Å²) in [6, 6.07) is 90.7. The Morgan fingerprint density at radius 1 is 0.324 bits per heavy atom. The van der Waals surface area contributed by atoms with E-state index in [1.807, 2.05) is 44.5 Å². The van der Waals surface area contributed by atoms with Crippen LogP contribution < -0.4 is 16.4 Å². The number of nitrogens with zero attached hydrogens (tertiary/aromatic N) is 3. The van der Waals surface area contributed by atoms with Crippen LogP contribution in [0.2, 0.25) is 0 Å². The van der Waals surface area contributed by atoms with Crippen LogP contribution in [-0.2, 0) is 0 Å². The van der Waals surface area contributed by atoms with Crippen LogP contribution in [0.15, 0.2) is 265 Å². The number of aliphatic imine (C=N–C) groups is 2. The molecule has 1 heterocycles. The zero-order valence-corrected chi connectivity index (χ0v) is 39.8. The standard InChI is InChI=1S/C65H44BN3.C2H6/c1-4-19-45(20-5-1)58-39-35-46-21-10-14-31-54(46)62(58)64-56-33-16-12-23-48(56)37-41-60(64)67-43-52-29-18-30-53(69-52)44-68-61-42-38-49-24-13-17-34-57(49)65(61)63-55-32-15-11-22-47(55)36-40-59(63)66(50-25-6-2-7-26-50)51-27-8-3-9-28-51;1-2/h1-44H;1-2H3. The second-order valence-electron chi connectivity index (χ2n) is 17.4. The smallest absolute Gasteiger partial charge is 0.242 e. The molecule has 0 saturated carbocycles. The van der Waals surface area contributed by atoms with Crippen molar-refractivity contribution in [1.29, 1.82) is 0 Å². The van der Waals surface area contributed by atoms with Gasteiger partial charge in [-0.2, -0.15) is 0 Å². The minimum absolute atomic E-state index is 0.0194. The largest absolute Gasteiger partial charge is 0.254 e. The molecule has 0 N–H and O–H groups in total. The molecule has 4 heteroatoms. The van der Waals surface area contributed by atoms with Gasteiger partial charge in [0.1, 0.15) is 0 Å². The summed E-state index contributed by atoms with van der Waals surface area (Å²) in [5.74, 6) is 0. The summed E-state index contributed by atoms with van der Waals surface area (Å²) >= 11 is 0. The highest BCUT2D eigenvalue weighted by atomic mass is 14.8. The lowest BCUT2D eigenvalue weighted by molar-refractivity contribution is 1.27. The van der Waals surface area contributed by atoms with E-state index >= 15 is 0 Å². The van der Waals surface area contributed by atoms with Gasteiger partial charge in [-0.25, -0.2) is 4.98 Å². The van der Waals surface area contributed by atoms with Gasteiger partial charge in [-0.3, -0.25) is 9.98 Å². The van der Waals surface area contributed by atoms with E-state index in [4.69, 9.17) is 15.0 Å². The van der Waals surface area contributed by atoms with Gasteiger partial charge >= 0.3 is 0 Å². The first-order chi connectivity index (χ1) is 35.2. The molecule has 0 unspecified atom stereocenters. The van der Waals surface area contributed by atoms with E-state index in [0.29, 0.717) is 0 Å². The van der Waals surface area contributed by atoms with Crippen molar-refractivity contribution in [3.8, 4) is 33.4 Å². The molecule has 0 amide bonds. The van der Waals surface area contributed by atoms with Gasteiger partial charge in [0.25, 0.3) is 0 Å². The van der Waals surface area contributed by atoms with Crippen LogP contribution in [0.4, 0.5) is 11.4 Å². The fourth-order valence-electron chi connectivity index (χ4n) is 10.2. The molecule has 12 rings (SSSR count). The van der Waals surface area contributed by atoms with E-state index in [9.17, 15) is 0 Å². The van der Waals surface area contributed by atoms with E-state index in [1.165, 1.54) is 43.5 Å². The molecule has 1 aromatic heterocycles. The quantitative estimate of drug-likeness (QED) is 0.0995. The minimum Gasteiger partial charge on any atom is -0.254 e. The first-order valence-electron chi connectivity index (χ1n) is 24.5. The van der Waals surface area contributed by atoms with E-state index in [1.54, 1.807) is 0 Å². The molecule has 71 heavy (non-hydrogen) atoms. The second-order valence-corrected chi connectivity index (χ2v) is 17.4. The summed E-state index contributed by atoms with van der Waals surface area (Å²) in [7, 11) is 0. The lowest BCUT2D eigenvalue weighted by Gasteiger charge is -2.23. The third kappa shape index (κ3) is 8.84. The van der Waals surface area contributed by atoms with Gasteiger partial charge in [-0.1, -0.05) is 261 Å². The van der Waals surface area contributed by atoms with Gasteiger partial charge in [0.2, 0.25) is 6.71 Å². The zero-order chi connectivity index (χ0) is 47.9. The number of benzene rings is 11. The molecule has 3 nitrogen and oxygen atoms in total. The Morgan fingerprint density at radius 2 is 0.704 bits per heavy atom. The Hall–Kier alpha value is -8.99. The lowest BCUT2D eigenvalue weighted by Crippen LogP contribution is -2.52. The van der Waals surface area contributed by atoms with Crippen molar-refractivity contribution in [3.05, 3.63) is 266 Å². The maximum absolute atomic E-state index is 5.34. The molecule has 0 saturated heterocycles. The zero-order valence-electron chi connectivity index (χ0n) is 39.8. The van der Waals surface area contributed by atoms with Crippen molar-refractivity contribution in [1.82, 2.24) is 4.98 Å². The summed E-state index contributed by atoms with van der Waals surface area (Å²) in [4.78, 5) is 15.7. The number of pyridine rings is 1. The highest BCUT2D eigenvalue weighted by Crippen LogP contribution is 2.46. The summed E-state index contributed by atoms with van der Waals surface area (Å²) in [6.07, 6.45) is 3.78. The van der Waals surface area contributed by atoms with Crippen LogP contribution in [0.3, 0.4) is 0 Å². The Morgan fingerprint density at radius 3 is 1.20 bits per heavy atom. The number of hydrogen-bond donors (Lipinski definition) is 0. The highest BCUT2D eigenvalue weighted by molar-refractivity contribution is 6.96. The molecule has 12 aromatic rings. The molecule has 0 aliphatic heterocycles. The molecule has 11 aromatic carbocycles. The van der Waals surface area contributed by atoms with Gasteiger partial charge in [-0.15, -0.1) is 0 Å². The molecule has 0 spiro atoms. The van der Waals surface area contributed by atoms with Crippen LogP contribution >= 0.6 is 0 Å². The summed E-state index contributed by atoms with van der Waals surface area (Å²) < 4.78 is 0. The van der Waals surface area contributed by atoms with Gasteiger partial charge in [0, 0.05) is 16.7 Å². The van der Waals surface area contributed by atoms with Gasteiger partial charge in [-0.05, 0) is 84.0 Å². The molecule has 0 aliphatic carbocycles. The van der Waals surface area contributed by atoms with E-state index in [0.717, 1.165) is 72.1 Å². The third-order valence-electron chi connectivity index (χ3n) is 13.3. The third-order valence-corrected chi connectivity index (χ3v) is 13.3. The predicted octanol–water partition coefficient (Wildman–Crippen LogP) is 15.7. The molecule has 0 aliphatic rings. The molecular weight excluding hydrogens is 858 g/mol. The molecule has 0 bridgehead atoms. The molecule has 336 valence electrons. The van der Waals surface area contributed by atoms with Crippen molar-refractivity contribution < 1.29 is 0 Å². The summed E-state index contributed by atoms with van der Waals surface area (Å²) in [5, 5.41) is 9.34. The summed E-state index contributed by atoms with van der Waals surface area (Å²) in [6.45, 7) is 3.98. The second kappa shape index (κ2) is 20.3. The Labute approximate surface area is 416 Å². The highest BCUT2D eigenvalue weighted by Gasteiger charge is 2.28. The minimum atomic E-state index is -0.0194. The fraction of sp³-hybridized carbons (Fsp3) is 0.0299.